The van der Waals surface area contributed by atoms with Crippen LogP contribution in [0.5, 0.6) is 0 Å². The lowest BCUT2D eigenvalue weighted by Gasteiger charge is -2.09. The minimum absolute atomic E-state index is 0.217. The Kier molecular flexibility index (Phi) is 4.29. The summed E-state index contributed by atoms with van der Waals surface area (Å²) in [5, 5.41) is 5.74. The molecule has 3 rings (SSSR count). The zero-order chi connectivity index (χ0) is 16.4. The highest BCUT2D eigenvalue weighted by Gasteiger charge is 2.19. The van der Waals surface area contributed by atoms with Crippen molar-refractivity contribution in [1.82, 2.24) is 14.9 Å². The normalized spacial score (nSPS) is 11.7. The minimum Gasteiger partial charge on any atom is -0.339 e. The zero-order valence-corrected chi connectivity index (χ0v) is 14.2. The number of rotatable bonds is 5. The number of nitrogens with one attached hydrogen (secondary N) is 1. The number of nitrogens with zero attached hydrogens (tertiary/aromatic N) is 2. The van der Waals surface area contributed by atoms with Gasteiger partial charge in [0.25, 0.3) is 0 Å². The van der Waals surface area contributed by atoms with Gasteiger partial charge in [-0.15, -0.1) is 11.3 Å². The summed E-state index contributed by atoms with van der Waals surface area (Å²) in [6.45, 7) is 3.71. The maximum atomic E-state index is 12.6. The Balaban J connectivity index is 1.91. The van der Waals surface area contributed by atoms with Crippen molar-refractivity contribution in [1.29, 1.82) is 0 Å². The molecule has 0 radical (unpaired) electrons. The zero-order valence-electron chi connectivity index (χ0n) is 12.6. The molecule has 0 unspecified atom stereocenters. The van der Waals surface area contributed by atoms with E-state index in [9.17, 15) is 8.42 Å². The van der Waals surface area contributed by atoms with Gasteiger partial charge in [0.1, 0.15) is 0 Å². The average Bonchev–Trinajstić information content (AvgIpc) is 3.17. The highest BCUT2D eigenvalue weighted by atomic mass is 32.2. The van der Waals surface area contributed by atoms with Gasteiger partial charge >= 0.3 is 0 Å². The van der Waals surface area contributed by atoms with Gasteiger partial charge in [0.15, 0.2) is 0 Å². The fourth-order valence-corrected chi connectivity index (χ4v) is 4.11. The molecule has 1 N–H and O–H groups in total. The number of sulfonamides is 1. The molecule has 3 aromatic rings. The smallest absolute Gasteiger partial charge is 0.241 e. The van der Waals surface area contributed by atoms with Gasteiger partial charge in [-0.25, -0.2) is 13.1 Å². The maximum Gasteiger partial charge on any atom is 0.241 e. The van der Waals surface area contributed by atoms with Crippen LogP contribution < -0.4 is 4.72 Å². The second kappa shape index (κ2) is 6.23. The van der Waals surface area contributed by atoms with E-state index < -0.39 is 10.0 Å². The number of aromatic nitrogens is 2. The molecule has 0 amide bonds. The van der Waals surface area contributed by atoms with Gasteiger partial charge in [0.2, 0.25) is 21.7 Å². The van der Waals surface area contributed by atoms with E-state index in [4.69, 9.17) is 4.52 Å². The molecule has 0 fully saturated rings. The molecule has 0 bridgehead atoms. The van der Waals surface area contributed by atoms with Crippen molar-refractivity contribution in [3.63, 3.8) is 0 Å². The Morgan fingerprint density at radius 2 is 2.09 bits per heavy atom. The van der Waals surface area contributed by atoms with Crippen molar-refractivity contribution >= 4 is 21.4 Å². The topological polar surface area (TPSA) is 85.1 Å². The first kappa shape index (κ1) is 15.9. The summed E-state index contributed by atoms with van der Waals surface area (Å²) in [4.78, 5) is 5.30. The minimum atomic E-state index is -3.62. The Morgan fingerprint density at radius 1 is 1.26 bits per heavy atom. The molecule has 0 aliphatic carbocycles. The maximum absolute atomic E-state index is 12.6. The quantitative estimate of drug-likeness (QED) is 0.765. The molecule has 0 aliphatic rings. The van der Waals surface area contributed by atoms with Crippen molar-refractivity contribution < 1.29 is 12.9 Å². The molecule has 120 valence electrons. The fourth-order valence-electron chi connectivity index (χ4n) is 2.10. The van der Waals surface area contributed by atoms with Crippen LogP contribution in [0.2, 0.25) is 0 Å². The molecule has 0 aliphatic heterocycles. The van der Waals surface area contributed by atoms with Crippen LogP contribution in [0.1, 0.15) is 16.3 Å². The molecular weight excluding hydrogens is 334 g/mol. The summed E-state index contributed by atoms with van der Waals surface area (Å²) < 4.78 is 32.7. The van der Waals surface area contributed by atoms with Gasteiger partial charge < -0.3 is 4.52 Å². The standard InChI is InChI=1S/C15H15N3O3S2/c1-10-5-6-12(15-17-11(2)21-18-15)8-14(10)23(19,20)16-9-13-4-3-7-22-13/h3-8,16H,9H2,1-2H3. The lowest BCUT2D eigenvalue weighted by Crippen LogP contribution is -2.23. The van der Waals surface area contributed by atoms with E-state index in [1.54, 1.807) is 32.0 Å². The molecule has 2 aromatic heterocycles. The third-order valence-corrected chi connectivity index (χ3v) is 5.70. The van der Waals surface area contributed by atoms with Crippen LogP contribution in [-0.4, -0.2) is 18.6 Å². The van der Waals surface area contributed by atoms with Crippen molar-refractivity contribution in [2.24, 2.45) is 0 Å². The lowest BCUT2D eigenvalue weighted by atomic mass is 10.1. The average molecular weight is 349 g/mol. The van der Waals surface area contributed by atoms with Gasteiger partial charge in [-0.05, 0) is 30.0 Å². The fraction of sp³-hybridized carbons (Fsp3) is 0.200. The second-order valence-corrected chi connectivity index (χ2v) is 7.79. The van der Waals surface area contributed by atoms with Crippen molar-refractivity contribution in [2.45, 2.75) is 25.3 Å². The summed E-state index contributed by atoms with van der Waals surface area (Å²) in [6.07, 6.45) is 0. The molecule has 6 nitrogen and oxygen atoms in total. The van der Waals surface area contributed by atoms with Gasteiger partial charge in [0, 0.05) is 23.9 Å². The number of hydrogen-bond acceptors (Lipinski definition) is 6. The predicted octanol–water partition coefficient (Wildman–Crippen LogP) is 2.89. The monoisotopic (exact) mass is 349 g/mol. The van der Waals surface area contributed by atoms with Crippen molar-refractivity contribution in [3.05, 3.63) is 52.0 Å². The van der Waals surface area contributed by atoms with E-state index in [-0.39, 0.29) is 11.4 Å². The molecule has 2 heterocycles. The Bertz CT molecular complexity index is 915. The number of aryl methyl sites for hydroxylation is 2. The summed E-state index contributed by atoms with van der Waals surface area (Å²) in [6, 6.07) is 8.85. The molecule has 23 heavy (non-hydrogen) atoms. The lowest BCUT2D eigenvalue weighted by molar-refractivity contribution is 0.394. The highest BCUT2D eigenvalue weighted by molar-refractivity contribution is 7.89. The van der Waals surface area contributed by atoms with E-state index in [0.717, 1.165) is 4.88 Å². The third-order valence-electron chi connectivity index (χ3n) is 3.28. The van der Waals surface area contributed by atoms with E-state index in [1.807, 2.05) is 17.5 Å². The van der Waals surface area contributed by atoms with Gasteiger partial charge in [0.05, 0.1) is 4.90 Å². The van der Waals surface area contributed by atoms with E-state index >= 15 is 0 Å². The van der Waals surface area contributed by atoms with E-state index in [2.05, 4.69) is 14.9 Å². The van der Waals surface area contributed by atoms with Crippen LogP contribution in [-0.2, 0) is 16.6 Å². The Morgan fingerprint density at radius 3 is 2.74 bits per heavy atom. The Hall–Kier alpha value is -2.03. The van der Waals surface area contributed by atoms with Crippen LogP contribution in [0.25, 0.3) is 11.4 Å². The van der Waals surface area contributed by atoms with Crippen molar-refractivity contribution in [2.75, 3.05) is 0 Å². The largest absolute Gasteiger partial charge is 0.339 e. The first-order valence-corrected chi connectivity index (χ1v) is 9.25. The van der Waals surface area contributed by atoms with Gasteiger partial charge in [-0.2, -0.15) is 4.98 Å². The van der Waals surface area contributed by atoms with E-state index in [0.29, 0.717) is 22.8 Å². The number of hydrogen-bond donors (Lipinski definition) is 1. The third kappa shape index (κ3) is 3.49. The molecule has 0 atom stereocenters. The van der Waals surface area contributed by atoms with Crippen LogP contribution >= 0.6 is 11.3 Å². The molecular formula is C15H15N3O3S2. The summed E-state index contributed by atoms with van der Waals surface area (Å²) in [5.74, 6) is 0.804. The van der Waals surface area contributed by atoms with Gasteiger partial charge in [-0.3, -0.25) is 0 Å². The summed E-state index contributed by atoms with van der Waals surface area (Å²) in [7, 11) is -3.62. The predicted molar refractivity (Wildman–Crippen MR) is 87.6 cm³/mol. The molecule has 8 heteroatoms. The van der Waals surface area contributed by atoms with Crippen LogP contribution in [0.4, 0.5) is 0 Å². The number of thiophene rings is 1. The molecule has 0 saturated carbocycles. The first-order valence-electron chi connectivity index (χ1n) is 6.89. The van der Waals surface area contributed by atoms with E-state index in [1.165, 1.54) is 11.3 Å². The van der Waals surface area contributed by atoms with Crippen LogP contribution in [0, 0.1) is 13.8 Å². The second-order valence-electron chi connectivity index (χ2n) is 5.02. The Labute approximate surface area is 138 Å². The molecule has 0 saturated heterocycles. The highest BCUT2D eigenvalue weighted by Crippen LogP contribution is 2.23. The first-order chi connectivity index (χ1) is 11.0. The molecule has 0 spiro atoms. The van der Waals surface area contributed by atoms with Gasteiger partial charge in [-0.1, -0.05) is 23.4 Å². The van der Waals surface area contributed by atoms with Crippen LogP contribution in [0.3, 0.4) is 0 Å². The molecule has 1 aromatic carbocycles. The summed E-state index contributed by atoms with van der Waals surface area (Å²) >= 11 is 1.51. The van der Waals surface area contributed by atoms with Crippen LogP contribution in [0.15, 0.2) is 45.1 Å². The van der Waals surface area contributed by atoms with Crippen molar-refractivity contribution in [3.8, 4) is 11.4 Å². The summed E-state index contributed by atoms with van der Waals surface area (Å²) in [5.41, 5.74) is 1.26. The number of benzene rings is 1. The SMILES string of the molecule is Cc1nc(-c2ccc(C)c(S(=O)(=O)NCc3cccs3)c2)no1.